The second-order valence-corrected chi connectivity index (χ2v) is 8.21. The van der Waals surface area contributed by atoms with Crippen LogP contribution in [0.15, 0.2) is 39.8 Å². The van der Waals surface area contributed by atoms with Gasteiger partial charge >= 0.3 is 0 Å². The van der Waals surface area contributed by atoms with Crippen molar-refractivity contribution in [1.29, 1.82) is 0 Å². The highest BCUT2D eigenvalue weighted by molar-refractivity contribution is 7.89. The summed E-state index contributed by atoms with van der Waals surface area (Å²) in [5.74, 6) is 0.902. The predicted molar refractivity (Wildman–Crippen MR) is 87.6 cm³/mol. The first kappa shape index (κ1) is 16.2. The number of aromatic nitrogens is 1. The number of nitrogens with zero attached hydrogens (tertiary/aromatic N) is 2. The van der Waals surface area contributed by atoms with Gasteiger partial charge in [-0.3, -0.25) is 0 Å². The Hall–Kier alpha value is -1.66. The Morgan fingerprint density at radius 2 is 2.04 bits per heavy atom. The molecule has 5 nitrogen and oxygen atoms in total. The fourth-order valence-electron chi connectivity index (χ4n) is 3.02. The van der Waals surface area contributed by atoms with Gasteiger partial charge in [0, 0.05) is 12.6 Å². The van der Waals surface area contributed by atoms with E-state index in [1.54, 1.807) is 16.4 Å². The minimum atomic E-state index is -3.53. The topological polar surface area (TPSA) is 63.4 Å². The summed E-state index contributed by atoms with van der Waals surface area (Å²) >= 11 is 0. The van der Waals surface area contributed by atoms with Gasteiger partial charge in [-0.05, 0) is 37.3 Å². The summed E-state index contributed by atoms with van der Waals surface area (Å²) < 4.78 is 33.1. The van der Waals surface area contributed by atoms with Crippen LogP contribution in [-0.2, 0) is 10.0 Å². The fourth-order valence-corrected chi connectivity index (χ4v) is 4.91. The summed E-state index contributed by atoms with van der Waals surface area (Å²) in [5.41, 5.74) is 1.62. The van der Waals surface area contributed by atoms with E-state index in [-0.39, 0.29) is 12.0 Å². The lowest BCUT2D eigenvalue weighted by Crippen LogP contribution is -2.31. The van der Waals surface area contributed by atoms with Gasteiger partial charge in [-0.1, -0.05) is 37.2 Å². The monoisotopic (exact) mass is 334 g/mol. The Kier molecular flexibility index (Phi) is 4.29. The molecule has 1 fully saturated rings. The molecule has 1 aliphatic rings. The first-order valence-electron chi connectivity index (χ1n) is 7.95. The molecule has 0 N–H and O–H groups in total. The van der Waals surface area contributed by atoms with Crippen LogP contribution in [-0.4, -0.2) is 24.4 Å². The van der Waals surface area contributed by atoms with E-state index in [1.165, 1.54) is 0 Å². The minimum Gasteiger partial charge on any atom is -0.359 e. The van der Waals surface area contributed by atoms with Gasteiger partial charge in [0.25, 0.3) is 0 Å². The lowest BCUT2D eigenvalue weighted by atomic mass is 10.1. The van der Waals surface area contributed by atoms with Crippen molar-refractivity contribution in [1.82, 2.24) is 9.46 Å². The minimum absolute atomic E-state index is 0.260. The van der Waals surface area contributed by atoms with Crippen LogP contribution in [0.4, 0.5) is 0 Å². The van der Waals surface area contributed by atoms with Crippen LogP contribution in [0.2, 0.25) is 0 Å². The van der Waals surface area contributed by atoms with Gasteiger partial charge in [-0.15, -0.1) is 0 Å². The van der Waals surface area contributed by atoms with Gasteiger partial charge in [-0.2, -0.15) is 4.31 Å². The molecule has 1 aliphatic heterocycles. The van der Waals surface area contributed by atoms with Gasteiger partial charge in [0.15, 0.2) is 5.76 Å². The molecule has 0 bridgehead atoms. The van der Waals surface area contributed by atoms with Crippen LogP contribution in [0.3, 0.4) is 0 Å². The number of rotatable bonds is 4. The molecule has 0 spiro atoms. The molecule has 0 saturated carbocycles. The van der Waals surface area contributed by atoms with Gasteiger partial charge in [0.1, 0.15) is 0 Å². The van der Waals surface area contributed by atoms with Crippen molar-refractivity contribution in [2.45, 2.75) is 50.5 Å². The standard InChI is InChI=1S/C17H22N2O3S/c1-12(2)14-11-16(22-18-14)15-8-6-10-19(15)23(20,21)17-9-5-4-7-13(17)3/h4-5,7,9,11-12,15H,6,8,10H2,1-3H3. The Morgan fingerprint density at radius 1 is 1.30 bits per heavy atom. The molecule has 1 atom stereocenters. The molecular weight excluding hydrogens is 312 g/mol. The molecule has 1 saturated heterocycles. The number of benzene rings is 1. The maximum Gasteiger partial charge on any atom is 0.244 e. The van der Waals surface area contributed by atoms with Crippen molar-refractivity contribution in [3.8, 4) is 0 Å². The third-order valence-electron chi connectivity index (χ3n) is 4.35. The molecule has 1 aromatic carbocycles. The van der Waals surface area contributed by atoms with E-state index in [0.717, 1.165) is 24.1 Å². The quantitative estimate of drug-likeness (QED) is 0.856. The number of sulfonamides is 1. The molecule has 0 aliphatic carbocycles. The summed E-state index contributed by atoms with van der Waals surface area (Å²) in [5, 5.41) is 4.07. The van der Waals surface area contributed by atoms with Gasteiger partial charge in [0.2, 0.25) is 10.0 Å². The Labute approximate surface area is 137 Å². The molecule has 1 unspecified atom stereocenters. The van der Waals surface area contributed by atoms with Crippen molar-refractivity contribution in [3.05, 3.63) is 47.3 Å². The highest BCUT2D eigenvalue weighted by Crippen LogP contribution is 2.37. The summed E-state index contributed by atoms with van der Waals surface area (Å²) in [6, 6.07) is 8.72. The van der Waals surface area contributed by atoms with Crippen LogP contribution in [0.5, 0.6) is 0 Å². The second-order valence-electron chi connectivity index (χ2n) is 6.35. The summed E-state index contributed by atoms with van der Waals surface area (Å²) in [4.78, 5) is 0.371. The molecule has 2 aromatic rings. The normalized spacial score (nSPS) is 19.6. The van der Waals surface area contributed by atoms with E-state index in [0.29, 0.717) is 17.2 Å². The number of hydrogen-bond acceptors (Lipinski definition) is 4. The maximum absolute atomic E-state index is 13.0. The molecular formula is C17H22N2O3S. The molecule has 3 rings (SSSR count). The molecule has 0 radical (unpaired) electrons. The van der Waals surface area contributed by atoms with E-state index < -0.39 is 10.0 Å². The summed E-state index contributed by atoms with van der Waals surface area (Å²) in [6.45, 7) is 6.42. The van der Waals surface area contributed by atoms with Crippen molar-refractivity contribution >= 4 is 10.0 Å². The summed E-state index contributed by atoms with van der Waals surface area (Å²) in [6.07, 6.45) is 1.59. The zero-order chi connectivity index (χ0) is 16.6. The predicted octanol–water partition coefficient (Wildman–Crippen LogP) is 3.63. The Bertz CT molecular complexity index is 796. The third-order valence-corrected chi connectivity index (χ3v) is 6.42. The number of aryl methyl sites for hydroxylation is 1. The molecule has 2 heterocycles. The van der Waals surface area contributed by atoms with Crippen LogP contribution in [0.1, 0.15) is 55.7 Å². The lowest BCUT2D eigenvalue weighted by molar-refractivity contribution is 0.295. The Balaban J connectivity index is 1.96. The zero-order valence-electron chi connectivity index (χ0n) is 13.7. The molecule has 23 heavy (non-hydrogen) atoms. The van der Waals surface area contributed by atoms with Gasteiger partial charge in [0.05, 0.1) is 16.6 Å². The van der Waals surface area contributed by atoms with Crippen molar-refractivity contribution in [2.75, 3.05) is 6.54 Å². The SMILES string of the molecule is Cc1ccccc1S(=O)(=O)N1CCCC1c1cc(C(C)C)no1. The first-order valence-corrected chi connectivity index (χ1v) is 9.39. The molecule has 6 heteroatoms. The van der Waals surface area contributed by atoms with Crippen LogP contribution < -0.4 is 0 Å². The van der Waals surface area contributed by atoms with Crippen LogP contribution in [0, 0.1) is 6.92 Å². The van der Waals surface area contributed by atoms with E-state index >= 15 is 0 Å². The van der Waals surface area contributed by atoms with Crippen molar-refractivity contribution in [3.63, 3.8) is 0 Å². The third kappa shape index (κ3) is 2.93. The average molecular weight is 334 g/mol. The fraction of sp³-hybridized carbons (Fsp3) is 0.471. The smallest absolute Gasteiger partial charge is 0.244 e. The lowest BCUT2D eigenvalue weighted by Gasteiger charge is -2.23. The molecule has 0 amide bonds. The van der Waals surface area contributed by atoms with Gasteiger partial charge < -0.3 is 4.52 Å². The van der Waals surface area contributed by atoms with E-state index in [9.17, 15) is 8.42 Å². The largest absolute Gasteiger partial charge is 0.359 e. The van der Waals surface area contributed by atoms with Crippen LogP contribution >= 0.6 is 0 Å². The zero-order valence-corrected chi connectivity index (χ0v) is 14.5. The van der Waals surface area contributed by atoms with E-state index in [2.05, 4.69) is 5.16 Å². The first-order chi connectivity index (χ1) is 10.9. The van der Waals surface area contributed by atoms with E-state index in [1.807, 2.05) is 39.0 Å². The van der Waals surface area contributed by atoms with E-state index in [4.69, 9.17) is 4.52 Å². The Morgan fingerprint density at radius 3 is 2.70 bits per heavy atom. The van der Waals surface area contributed by atoms with Gasteiger partial charge in [-0.25, -0.2) is 8.42 Å². The molecule has 1 aromatic heterocycles. The second kappa shape index (κ2) is 6.09. The average Bonchev–Trinajstić information content (AvgIpc) is 3.16. The maximum atomic E-state index is 13.0. The van der Waals surface area contributed by atoms with Crippen molar-refractivity contribution < 1.29 is 12.9 Å². The summed E-state index contributed by atoms with van der Waals surface area (Å²) in [7, 11) is -3.53. The number of hydrogen-bond donors (Lipinski definition) is 0. The highest BCUT2D eigenvalue weighted by Gasteiger charge is 2.38. The van der Waals surface area contributed by atoms with Crippen LogP contribution in [0.25, 0.3) is 0 Å². The molecule has 124 valence electrons. The van der Waals surface area contributed by atoms with Crippen molar-refractivity contribution in [2.24, 2.45) is 0 Å². The highest BCUT2D eigenvalue weighted by atomic mass is 32.2.